The quantitative estimate of drug-likeness (QED) is 0.0418. The average Bonchev–Trinajstić information content (AvgIpc) is 4.21. The zero-order valence-electron chi connectivity index (χ0n) is 40.6. The van der Waals surface area contributed by atoms with Crippen LogP contribution in [-0.4, -0.2) is 30.7 Å². The van der Waals surface area contributed by atoms with Gasteiger partial charge in [0.15, 0.2) is 11.5 Å². The number of ether oxygens (including phenoxy) is 2. The molecule has 0 saturated heterocycles. The Morgan fingerprint density at radius 3 is 1.46 bits per heavy atom. The summed E-state index contributed by atoms with van der Waals surface area (Å²) in [4.78, 5) is 7.92. The van der Waals surface area contributed by atoms with Gasteiger partial charge < -0.3 is 9.47 Å². The smallest absolute Gasteiger partial charge is 0.181 e. The fourth-order valence-corrected chi connectivity index (χ4v) is 14.5. The summed E-state index contributed by atoms with van der Waals surface area (Å²) in [5, 5.41) is 0. The predicted molar refractivity (Wildman–Crippen MR) is 296 cm³/mol. The molecule has 69 heavy (non-hydrogen) atoms. The van der Waals surface area contributed by atoms with E-state index in [1.165, 1.54) is 114 Å². The maximum Gasteiger partial charge on any atom is 0.181 e. The third kappa shape index (κ3) is 13.3. The summed E-state index contributed by atoms with van der Waals surface area (Å²) < 4.78 is 63.5. The second kappa shape index (κ2) is 26.2. The van der Waals surface area contributed by atoms with E-state index in [2.05, 4.69) is 71.1 Å². The monoisotopic (exact) mass is 1040 g/mol. The molecule has 0 saturated carbocycles. The number of halogens is 2. The van der Waals surface area contributed by atoms with Crippen LogP contribution in [0.2, 0.25) is 0 Å². The number of hydrogen-bond donors (Lipinski definition) is 0. The van der Waals surface area contributed by atoms with E-state index in [0.29, 0.717) is 46.8 Å². The van der Waals surface area contributed by atoms with Crippen molar-refractivity contribution >= 4 is 90.9 Å². The van der Waals surface area contributed by atoms with Gasteiger partial charge in [-0.15, -0.1) is 45.3 Å². The van der Waals surface area contributed by atoms with Crippen molar-refractivity contribution in [3.05, 3.63) is 71.1 Å². The molecule has 6 heterocycles. The third-order valence-corrected chi connectivity index (χ3v) is 19.0. The second-order valence-electron chi connectivity index (χ2n) is 18.5. The minimum absolute atomic E-state index is 0.295. The standard InChI is InChI=1S/C55H66F2N4O2S6/c1-5-7-9-11-13-15-17-19-21-23-31-62-52-53(63-32-24-22-20-18-16-14-12-10-8-6-2)55(67-54(52)46-29-26-43(65-46)38-33-37(56)34-41-49(38)59-68-58-41)47-30-27-44(66-47)39-35-40(57)48(51-50(39)60-69-61-51)45-28-25-42(64-45)36(3)4/h25-30,33-36H,5-24,31-32H2,1-4H3. The maximum absolute atomic E-state index is 16.4. The maximum atomic E-state index is 16.4. The molecule has 0 fully saturated rings. The van der Waals surface area contributed by atoms with Crippen LogP contribution in [0.25, 0.3) is 72.9 Å². The Hall–Kier alpha value is -3.66. The van der Waals surface area contributed by atoms with E-state index in [1.807, 2.05) is 6.07 Å². The number of fused-ring (bicyclic) bond motifs is 2. The third-order valence-electron chi connectivity index (χ3n) is 12.8. The van der Waals surface area contributed by atoms with Gasteiger partial charge in [-0.3, -0.25) is 0 Å². The zero-order valence-corrected chi connectivity index (χ0v) is 45.5. The van der Waals surface area contributed by atoms with Gasteiger partial charge in [0.1, 0.15) is 33.7 Å². The number of benzene rings is 2. The summed E-state index contributed by atoms with van der Waals surface area (Å²) in [6.45, 7) is 10.0. The van der Waals surface area contributed by atoms with Gasteiger partial charge in [-0.05, 0) is 67.3 Å². The molecule has 368 valence electrons. The molecule has 14 heteroatoms. The molecule has 6 aromatic heterocycles. The first-order chi connectivity index (χ1) is 33.8. The normalized spacial score (nSPS) is 11.9. The van der Waals surface area contributed by atoms with Gasteiger partial charge >= 0.3 is 0 Å². The molecule has 2 aromatic carbocycles. The van der Waals surface area contributed by atoms with Crippen molar-refractivity contribution < 1.29 is 18.3 Å². The lowest BCUT2D eigenvalue weighted by Gasteiger charge is -2.12. The van der Waals surface area contributed by atoms with E-state index in [4.69, 9.17) is 13.8 Å². The highest BCUT2D eigenvalue weighted by atomic mass is 32.1. The highest BCUT2D eigenvalue weighted by Gasteiger charge is 2.28. The molecule has 0 atom stereocenters. The Morgan fingerprint density at radius 2 is 0.928 bits per heavy atom. The van der Waals surface area contributed by atoms with Crippen LogP contribution in [0, 0.1) is 11.6 Å². The zero-order chi connectivity index (χ0) is 48.0. The summed E-state index contributed by atoms with van der Waals surface area (Å²) in [6, 6.07) is 17.1. The first-order valence-corrected chi connectivity index (χ1v) is 30.2. The molecular weight excluding hydrogens is 979 g/mol. The molecule has 0 aliphatic heterocycles. The van der Waals surface area contributed by atoms with Crippen LogP contribution in [0.4, 0.5) is 8.78 Å². The lowest BCUT2D eigenvalue weighted by atomic mass is 10.0. The molecule has 0 radical (unpaired) electrons. The molecule has 0 spiro atoms. The summed E-state index contributed by atoms with van der Waals surface area (Å²) in [5.41, 5.74) is 4.57. The van der Waals surface area contributed by atoms with Crippen molar-refractivity contribution in [1.29, 1.82) is 0 Å². The van der Waals surface area contributed by atoms with Crippen molar-refractivity contribution in [2.24, 2.45) is 0 Å². The molecule has 0 unspecified atom stereocenters. The molecule has 8 rings (SSSR count). The first-order valence-electron chi connectivity index (χ1n) is 25.4. The predicted octanol–water partition coefficient (Wildman–Crippen LogP) is 20.3. The molecule has 0 aliphatic carbocycles. The van der Waals surface area contributed by atoms with Gasteiger partial charge in [-0.2, -0.15) is 17.5 Å². The van der Waals surface area contributed by atoms with Crippen molar-refractivity contribution in [2.75, 3.05) is 13.2 Å². The lowest BCUT2D eigenvalue weighted by Crippen LogP contribution is -2.02. The highest BCUT2D eigenvalue weighted by Crippen LogP contribution is 2.56. The summed E-state index contributed by atoms with van der Waals surface area (Å²) in [5.74, 6) is 1.26. The van der Waals surface area contributed by atoms with Gasteiger partial charge in [0.2, 0.25) is 0 Å². The van der Waals surface area contributed by atoms with Crippen molar-refractivity contribution in [3.63, 3.8) is 0 Å². The van der Waals surface area contributed by atoms with E-state index in [0.717, 1.165) is 106 Å². The number of rotatable bonds is 30. The van der Waals surface area contributed by atoms with Gasteiger partial charge in [0.05, 0.1) is 52.0 Å². The van der Waals surface area contributed by atoms with Crippen molar-refractivity contribution in [1.82, 2.24) is 17.5 Å². The van der Waals surface area contributed by atoms with E-state index in [-0.39, 0.29) is 11.6 Å². The minimum atomic E-state index is -0.331. The molecule has 0 N–H and O–H groups in total. The van der Waals surface area contributed by atoms with E-state index in [9.17, 15) is 4.39 Å². The number of nitrogens with zero attached hydrogens (tertiary/aromatic N) is 4. The molecule has 0 aliphatic rings. The summed E-state index contributed by atoms with van der Waals surface area (Å²) >= 11 is 8.73. The SMILES string of the molecule is CCCCCCCCCCCCOc1c(-c2ccc(-c3cc(F)cc4nsnc34)s2)sc(-c2ccc(-c3cc(F)c(-c4ccc(C(C)C)s4)c4nsnc34)s2)c1OCCCCCCCCCCCC. The number of unbranched alkanes of at least 4 members (excludes halogenated alkanes) is 18. The number of hydrogen-bond acceptors (Lipinski definition) is 12. The molecular formula is C55H66F2N4O2S6. The topological polar surface area (TPSA) is 70.0 Å². The van der Waals surface area contributed by atoms with Crippen LogP contribution in [0.1, 0.15) is 167 Å². The van der Waals surface area contributed by atoms with Crippen molar-refractivity contribution in [3.8, 4) is 62.3 Å². The Kier molecular flexibility index (Phi) is 19.6. The fourth-order valence-electron chi connectivity index (χ4n) is 8.90. The molecule has 8 aromatic rings. The Bertz CT molecular complexity index is 2830. The van der Waals surface area contributed by atoms with Crippen LogP contribution in [0.3, 0.4) is 0 Å². The number of thiophene rings is 4. The minimum Gasteiger partial charge on any atom is -0.488 e. The number of aromatic nitrogens is 4. The van der Waals surface area contributed by atoms with Gasteiger partial charge in [-0.25, -0.2) is 8.78 Å². The van der Waals surface area contributed by atoms with Gasteiger partial charge in [0, 0.05) is 46.5 Å². The van der Waals surface area contributed by atoms with Gasteiger partial charge in [0.25, 0.3) is 0 Å². The molecule has 6 nitrogen and oxygen atoms in total. The van der Waals surface area contributed by atoms with E-state index >= 15 is 4.39 Å². The van der Waals surface area contributed by atoms with Crippen LogP contribution in [-0.2, 0) is 0 Å². The average molecular weight is 1050 g/mol. The highest BCUT2D eigenvalue weighted by molar-refractivity contribution is 7.28. The Balaban J connectivity index is 1.09. The first kappa shape index (κ1) is 51.7. The Labute approximate surface area is 432 Å². The molecule has 0 amide bonds. The lowest BCUT2D eigenvalue weighted by molar-refractivity contribution is 0.262. The van der Waals surface area contributed by atoms with E-state index in [1.54, 1.807) is 57.5 Å². The van der Waals surface area contributed by atoms with Crippen molar-refractivity contribution in [2.45, 2.75) is 162 Å². The van der Waals surface area contributed by atoms with Crippen LogP contribution in [0.5, 0.6) is 11.5 Å². The Morgan fingerprint density at radius 1 is 0.464 bits per heavy atom. The summed E-state index contributed by atoms with van der Waals surface area (Å²) in [6.07, 6.45) is 24.9. The van der Waals surface area contributed by atoms with Crippen LogP contribution < -0.4 is 9.47 Å². The summed E-state index contributed by atoms with van der Waals surface area (Å²) in [7, 11) is 0. The van der Waals surface area contributed by atoms with Gasteiger partial charge in [-0.1, -0.05) is 143 Å². The van der Waals surface area contributed by atoms with Crippen LogP contribution in [0.15, 0.2) is 54.6 Å². The fraction of sp³-hybridized carbons (Fsp3) is 0.491. The van der Waals surface area contributed by atoms with Crippen LogP contribution >= 0.6 is 68.8 Å². The largest absolute Gasteiger partial charge is 0.488 e. The second-order valence-corrected chi connectivity index (χ2v) is 23.9. The molecule has 0 bridgehead atoms. The van der Waals surface area contributed by atoms with E-state index < -0.39 is 0 Å².